The molecule has 1 aromatic rings. The highest BCUT2D eigenvalue weighted by atomic mass is 35.5. The molecule has 0 aliphatic heterocycles. The average Bonchev–Trinajstić information content (AvgIpc) is 2.46. The molecule has 25 heavy (non-hydrogen) atoms. The molecule has 1 fully saturated rings. The van der Waals surface area contributed by atoms with Crippen molar-refractivity contribution in [1.82, 2.24) is 0 Å². The zero-order valence-corrected chi connectivity index (χ0v) is 14.7. The van der Waals surface area contributed by atoms with Gasteiger partial charge in [0.15, 0.2) is 17.7 Å². The van der Waals surface area contributed by atoms with E-state index in [1.165, 1.54) is 13.8 Å². The van der Waals surface area contributed by atoms with E-state index in [1.807, 2.05) is 0 Å². The lowest BCUT2D eigenvalue weighted by atomic mass is 9.59. The molecule has 9 heteroatoms. The Labute approximate surface area is 152 Å². The van der Waals surface area contributed by atoms with Crippen LogP contribution in [0.25, 0.3) is 0 Å². The summed E-state index contributed by atoms with van der Waals surface area (Å²) in [7, 11) is 0. The summed E-state index contributed by atoms with van der Waals surface area (Å²) in [4.78, 5) is 48.6. The fourth-order valence-corrected chi connectivity index (χ4v) is 3.76. The van der Waals surface area contributed by atoms with Crippen molar-refractivity contribution in [2.45, 2.75) is 31.9 Å². The second-order valence-electron chi connectivity index (χ2n) is 6.55. The number of benzene rings is 1. The van der Waals surface area contributed by atoms with Crippen LogP contribution in [0.1, 0.15) is 36.2 Å². The predicted molar refractivity (Wildman–Crippen MR) is 87.6 cm³/mol. The van der Waals surface area contributed by atoms with Crippen LogP contribution in [0.15, 0.2) is 12.1 Å². The maximum Gasteiger partial charge on any atom is 0.329 e. The second-order valence-corrected chi connectivity index (χ2v) is 7.36. The molecule has 2 rings (SSSR count). The maximum absolute atomic E-state index is 14.6. The van der Waals surface area contributed by atoms with Gasteiger partial charge in [-0.25, -0.2) is 4.39 Å². The monoisotopic (exact) mass is 389 g/mol. The van der Waals surface area contributed by atoms with Gasteiger partial charge in [0, 0.05) is 33.0 Å². The van der Waals surface area contributed by atoms with Gasteiger partial charge in [-0.2, -0.15) is 0 Å². The smallest absolute Gasteiger partial charge is 0.329 e. The molecule has 1 aromatic carbocycles. The molecule has 6 nitrogen and oxygen atoms in total. The van der Waals surface area contributed by atoms with Gasteiger partial charge in [0.2, 0.25) is 11.3 Å². The van der Waals surface area contributed by atoms with Crippen molar-refractivity contribution >= 4 is 46.6 Å². The van der Waals surface area contributed by atoms with Crippen LogP contribution in [0.5, 0.6) is 0 Å². The maximum atomic E-state index is 14.6. The number of carbonyl (C=O) groups excluding carboxylic acids is 3. The van der Waals surface area contributed by atoms with Crippen molar-refractivity contribution < 1.29 is 28.7 Å². The number of Topliss-reactive ketones (excluding diaryl/α,β-unsaturated/α-hetero) is 2. The fourth-order valence-electron chi connectivity index (χ4n) is 2.99. The third kappa shape index (κ3) is 2.71. The van der Waals surface area contributed by atoms with Gasteiger partial charge in [-0.3, -0.25) is 19.2 Å². The van der Waals surface area contributed by atoms with Gasteiger partial charge in [0.05, 0.1) is 0 Å². The predicted octanol–water partition coefficient (Wildman–Crippen LogP) is 2.32. The van der Waals surface area contributed by atoms with Gasteiger partial charge in [-0.05, 0) is 12.1 Å². The standard InChI is InChI=1S/C16H14Cl2FNO5/c1-15(2)5-9(21)16(14(24)25,12(22)11(15)19)10-7(17)3-6(13(20)23)4-8(10)18/h3-4,11H,5H2,1-2H3,(H2,20,23)(H,24,25). The Balaban J connectivity index is 2.84. The zero-order chi connectivity index (χ0) is 19.3. The summed E-state index contributed by atoms with van der Waals surface area (Å²) >= 11 is 12.0. The molecule has 1 aliphatic rings. The first-order chi connectivity index (χ1) is 11.4. The Morgan fingerprint density at radius 3 is 2.12 bits per heavy atom. The lowest BCUT2D eigenvalue weighted by molar-refractivity contribution is -0.161. The van der Waals surface area contributed by atoms with E-state index in [0.29, 0.717) is 0 Å². The zero-order valence-electron chi connectivity index (χ0n) is 13.2. The SMILES string of the molecule is CC1(C)CC(=O)C(C(=O)O)(c2c(Cl)cc(C(N)=O)cc2Cl)C(=O)C1F. The number of amides is 1. The molecule has 1 saturated carbocycles. The van der Waals surface area contributed by atoms with E-state index in [0.717, 1.165) is 12.1 Å². The summed E-state index contributed by atoms with van der Waals surface area (Å²) in [5.74, 6) is -5.25. The summed E-state index contributed by atoms with van der Waals surface area (Å²) in [6, 6.07) is 1.98. The Morgan fingerprint density at radius 1 is 1.24 bits per heavy atom. The van der Waals surface area contributed by atoms with Gasteiger partial charge in [0.1, 0.15) is 0 Å². The number of halogens is 3. The molecular formula is C16H14Cl2FNO5. The Morgan fingerprint density at radius 2 is 1.72 bits per heavy atom. The minimum absolute atomic E-state index is 0.146. The van der Waals surface area contributed by atoms with E-state index in [9.17, 15) is 28.7 Å². The third-order valence-corrected chi connectivity index (χ3v) is 4.94. The van der Waals surface area contributed by atoms with Crippen LogP contribution in [-0.4, -0.2) is 34.7 Å². The number of rotatable bonds is 3. The van der Waals surface area contributed by atoms with Crippen molar-refractivity contribution in [3.8, 4) is 0 Å². The Kier molecular flexibility index (Phi) is 4.69. The number of alkyl halides is 1. The van der Waals surface area contributed by atoms with Crippen molar-refractivity contribution in [3.63, 3.8) is 0 Å². The Hall–Kier alpha value is -1.99. The van der Waals surface area contributed by atoms with E-state index >= 15 is 0 Å². The summed E-state index contributed by atoms with van der Waals surface area (Å²) in [6.45, 7) is 2.69. The van der Waals surface area contributed by atoms with Crippen LogP contribution >= 0.6 is 23.2 Å². The lowest BCUT2D eigenvalue weighted by Crippen LogP contribution is -2.61. The van der Waals surface area contributed by atoms with E-state index in [2.05, 4.69) is 0 Å². The van der Waals surface area contributed by atoms with Gasteiger partial charge in [-0.15, -0.1) is 0 Å². The number of ketones is 2. The third-order valence-electron chi connectivity index (χ3n) is 4.34. The highest BCUT2D eigenvalue weighted by Crippen LogP contribution is 2.48. The molecule has 0 spiro atoms. The van der Waals surface area contributed by atoms with Crippen LogP contribution in [0.2, 0.25) is 10.0 Å². The second kappa shape index (κ2) is 6.07. The van der Waals surface area contributed by atoms with Crippen molar-refractivity contribution in [2.24, 2.45) is 11.1 Å². The molecule has 3 N–H and O–H groups in total. The summed E-state index contributed by atoms with van der Waals surface area (Å²) in [5, 5.41) is 8.82. The number of primary amides is 1. The van der Waals surface area contributed by atoms with Crippen LogP contribution in [-0.2, 0) is 19.8 Å². The molecular weight excluding hydrogens is 376 g/mol. The minimum atomic E-state index is -2.88. The normalized spacial score (nSPS) is 25.7. The van der Waals surface area contributed by atoms with Crippen molar-refractivity contribution in [1.29, 1.82) is 0 Å². The summed E-state index contributed by atoms with van der Waals surface area (Å²) in [6.07, 6.45) is -2.72. The van der Waals surface area contributed by atoms with E-state index < -0.39 is 62.5 Å². The van der Waals surface area contributed by atoms with Crippen LogP contribution in [0, 0.1) is 5.41 Å². The first-order valence-electron chi connectivity index (χ1n) is 7.11. The molecule has 1 amide bonds. The van der Waals surface area contributed by atoms with Gasteiger partial charge in [0.25, 0.3) is 0 Å². The highest BCUT2D eigenvalue weighted by molar-refractivity contribution is 6.41. The first kappa shape index (κ1) is 19.3. The van der Waals surface area contributed by atoms with Gasteiger partial charge >= 0.3 is 5.97 Å². The lowest BCUT2D eigenvalue weighted by Gasteiger charge is -2.41. The number of nitrogens with two attached hydrogens (primary N) is 1. The fraction of sp³-hybridized carbons (Fsp3) is 0.375. The number of carboxylic acid groups (broad SMARTS) is 1. The first-order valence-corrected chi connectivity index (χ1v) is 7.87. The molecule has 0 radical (unpaired) electrons. The molecule has 0 bridgehead atoms. The molecule has 0 saturated heterocycles. The molecule has 0 aromatic heterocycles. The van der Waals surface area contributed by atoms with E-state index in [-0.39, 0.29) is 5.56 Å². The van der Waals surface area contributed by atoms with Gasteiger partial charge in [-0.1, -0.05) is 37.0 Å². The summed E-state index contributed by atoms with van der Waals surface area (Å²) in [5.41, 5.74) is 0.181. The van der Waals surface area contributed by atoms with Crippen LogP contribution in [0.4, 0.5) is 4.39 Å². The van der Waals surface area contributed by atoms with Crippen molar-refractivity contribution in [2.75, 3.05) is 0 Å². The van der Waals surface area contributed by atoms with Crippen LogP contribution < -0.4 is 5.73 Å². The van der Waals surface area contributed by atoms with E-state index in [4.69, 9.17) is 28.9 Å². The average molecular weight is 390 g/mol. The minimum Gasteiger partial charge on any atom is -0.480 e. The summed E-state index contributed by atoms with van der Waals surface area (Å²) < 4.78 is 14.6. The highest BCUT2D eigenvalue weighted by Gasteiger charge is 2.64. The number of hydrogen-bond acceptors (Lipinski definition) is 4. The quantitative estimate of drug-likeness (QED) is 0.769. The number of hydrogen-bond donors (Lipinski definition) is 2. The molecule has 0 heterocycles. The van der Waals surface area contributed by atoms with Crippen molar-refractivity contribution in [3.05, 3.63) is 33.3 Å². The molecule has 2 atom stereocenters. The topological polar surface area (TPSA) is 115 Å². The van der Waals surface area contributed by atoms with Gasteiger partial charge < -0.3 is 10.8 Å². The molecule has 1 aliphatic carbocycles. The Bertz CT molecular complexity index is 800. The van der Waals surface area contributed by atoms with E-state index in [1.54, 1.807) is 0 Å². The molecule has 2 unspecified atom stereocenters. The number of carboxylic acids is 1. The van der Waals surface area contributed by atoms with Crippen LogP contribution in [0.3, 0.4) is 0 Å². The number of carbonyl (C=O) groups is 4. The molecule has 134 valence electrons. The number of aliphatic carboxylic acids is 1. The largest absolute Gasteiger partial charge is 0.480 e.